The highest BCUT2D eigenvalue weighted by Gasteiger charge is 2.05. The first-order valence-electron chi connectivity index (χ1n) is 3.87. The van der Waals surface area contributed by atoms with Gasteiger partial charge in [0.25, 0.3) is 0 Å². The molecule has 0 fully saturated rings. The first kappa shape index (κ1) is 10.6. The summed E-state index contributed by atoms with van der Waals surface area (Å²) in [5.41, 5.74) is 5.87. The molecule has 0 bridgehead atoms. The molecule has 0 saturated heterocycles. The Bertz CT molecular complexity index is 392. The monoisotopic (exact) mass is 212 g/mol. The quantitative estimate of drug-likeness (QED) is 0.729. The zero-order valence-electron chi connectivity index (χ0n) is 7.50. The van der Waals surface area contributed by atoms with Crippen LogP contribution in [-0.4, -0.2) is 10.9 Å². The minimum absolute atomic E-state index is 0.123. The number of halogens is 1. The van der Waals surface area contributed by atoms with Gasteiger partial charge in [0.1, 0.15) is 10.8 Å². The van der Waals surface area contributed by atoms with Crippen molar-refractivity contribution in [1.29, 1.82) is 0 Å². The van der Waals surface area contributed by atoms with E-state index in [1.54, 1.807) is 6.07 Å². The molecular weight excluding hydrogens is 203 g/mol. The van der Waals surface area contributed by atoms with Gasteiger partial charge >= 0.3 is 0 Å². The number of amides is 1. The second-order valence-corrected chi connectivity index (χ2v) is 3.18. The van der Waals surface area contributed by atoms with E-state index in [2.05, 4.69) is 17.5 Å². The molecule has 0 aliphatic heterocycles. The topological polar surface area (TPSA) is 55.1 Å². The van der Waals surface area contributed by atoms with Crippen molar-refractivity contribution in [1.82, 2.24) is 0 Å². The average molecular weight is 212 g/mol. The van der Waals surface area contributed by atoms with Crippen molar-refractivity contribution in [3.63, 3.8) is 0 Å². The van der Waals surface area contributed by atoms with E-state index in [0.717, 1.165) is 0 Å². The Morgan fingerprint density at radius 1 is 1.57 bits per heavy atom. The molecular formula is C9H9FN2OS. The van der Waals surface area contributed by atoms with Gasteiger partial charge in [0.15, 0.2) is 0 Å². The van der Waals surface area contributed by atoms with Crippen LogP contribution < -0.4 is 11.1 Å². The van der Waals surface area contributed by atoms with Gasteiger partial charge in [0.05, 0.1) is 5.69 Å². The molecule has 1 rings (SSSR count). The van der Waals surface area contributed by atoms with E-state index >= 15 is 0 Å². The summed E-state index contributed by atoms with van der Waals surface area (Å²) in [6, 6.07) is 4.16. The van der Waals surface area contributed by atoms with E-state index in [1.165, 1.54) is 19.1 Å². The molecule has 0 heterocycles. The van der Waals surface area contributed by atoms with Gasteiger partial charge in [-0.2, -0.15) is 0 Å². The van der Waals surface area contributed by atoms with Crippen LogP contribution in [0.15, 0.2) is 18.2 Å². The van der Waals surface area contributed by atoms with Crippen LogP contribution in [0.1, 0.15) is 12.5 Å². The Kier molecular flexibility index (Phi) is 3.14. The lowest BCUT2D eigenvalue weighted by molar-refractivity contribution is -0.114. The third kappa shape index (κ3) is 2.50. The highest BCUT2D eigenvalue weighted by atomic mass is 32.1. The van der Waals surface area contributed by atoms with Crippen LogP contribution >= 0.6 is 12.2 Å². The number of rotatable bonds is 2. The predicted octanol–water partition coefficient (Wildman–Crippen LogP) is 1.42. The van der Waals surface area contributed by atoms with E-state index in [1.807, 2.05) is 0 Å². The fourth-order valence-corrected chi connectivity index (χ4v) is 1.09. The molecule has 3 nitrogen and oxygen atoms in total. The first-order chi connectivity index (χ1) is 6.50. The summed E-state index contributed by atoms with van der Waals surface area (Å²) in [4.78, 5) is 10.8. The van der Waals surface area contributed by atoms with E-state index in [4.69, 9.17) is 5.73 Å². The van der Waals surface area contributed by atoms with Crippen molar-refractivity contribution in [3.8, 4) is 0 Å². The molecule has 0 aliphatic carbocycles. The van der Waals surface area contributed by atoms with Crippen LogP contribution in [-0.2, 0) is 4.79 Å². The summed E-state index contributed by atoms with van der Waals surface area (Å²) in [7, 11) is 0. The van der Waals surface area contributed by atoms with Crippen molar-refractivity contribution in [2.45, 2.75) is 6.92 Å². The zero-order chi connectivity index (χ0) is 10.7. The molecule has 0 spiro atoms. The van der Waals surface area contributed by atoms with Crippen molar-refractivity contribution >= 4 is 28.8 Å². The molecule has 74 valence electrons. The number of anilines is 1. The summed E-state index contributed by atoms with van der Waals surface area (Å²) < 4.78 is 13.2. The number of thiocarbonyl (C=S) groups is 1. The number of carbonyl (C=O) groups is 1. The second kappa shape index (κ2) is 4.15. The van der Waals surface area contributed by atoms with E-state index < -0.39 is 5.82 Å². The number of hydrogen-bond acceptors (Lipinski definition) is 2. The molecule has 0 radical (unpaired) electrons. The van der Waals surface area contributed by atoms with Gasteiger partial charge in [-0.05, 0) is 18.2 Å². The van der Waals surface area contributed by atoms with E-state index in [0.29, 0.717) is 5.56 Å². The molecule has 14 heavy (non-hydrogen) atoms. The standard InChI is InChI=1S/C9H9FN2OS/c1-5(13)12-8-3-2-6(9(11)14)4-7(8)10/h2-4H,1H3,(H2,11,14)(H,12,13). The van der Waals surface area contributed by atoms with Crippen LogP contribution in [0.4, 0.5) is 10.1 Å². The lowest BCUT2D eigenvalue weighted by Gasteiger charge is -2.05. The third-order valence-electron chi connectivity index (χ3n) is 1.56. The summed E-state index contributed by atoms with van der Waals surface area (Å²) >= 11 is 4.68. The zero-order valence-corrected chi connectivity index (χ0v) is 8.32. The van der Waals surface area contributed by atoms with Gasteiger partial charge in [-0.3, -0.25) is 4.79 Å². The van der Waals surface area contributed by atoms with Gasteiger partial charge in [0.2, 0.25) is 5.91 Å². The third-order valence-corrected chi connectivity index (χ3v) is 1.80. The minimum atomic E-state index is -0.550. The Morgan fingerprint density at radius 2 is 2.21 bits per heavy atom. The fourth-order valence-electron chi connectivity index (χ4n) is 0.959. The molecule has 0 aromatic heterocycles. The lowest BCUT2D eigenvalue weighted by atomic mass is 10.2. The summed E-state index contributed by atoms with van der Waals surface area (Å²) in [6.07, 6.45) is 0. The highest BCUT2D eigenvalue weighted by Crippen LogP contribution is 2.15. The first-order valence-corrected chi connectivity index (χ1v) is 4.28. The van der Waals surface area contributed by atoms with Crippen LogP contribution in [0, 0.1) is 5.82 Å². The molecule has 1 amide bonds. The molecule has 0 saturated carbocycles. The van der Waals surface area contributed by atoms with Gasteiger partial charge in [-0.15, -0.1) is 0 Å². The summed E-state index contributed by atoms with van der Waals surface area (Å²) in [5.74, 6) is -0.877. The lowest BCUT2D eigenvalue weighted by Crippen LogP contribution is -2.11. The molecule has 1 aromatic carbocycles. The summed E-state index contributed by atoms with van der Waals surface area (Å²) in [5, 5.41) is 2.34. The minimum Gasteiger partial charge on any atom is -0.389 e. The molecule has 0 atom stereocenters. The van der Waals surface area contributed by atoms with Crippen molar-refractivity contribution in [2.75, 3.05) is 5.32 Å². The van der Waals surface area contributed by atoms with Crippen LogP contribution in [0.2, 0.25) is 0 Å². The van der Waals surface area contributed by atoms with Gasteiger partial charge in [0, 0.05) is 12.5 Å². The Balaban J connectivity index is 3.01. The summed E-state index contributed by atoms with van der Waals surface area (Å²) in [6.45, 7) is 1.31. The molecule has 0 aliphatic rings. The molecule has 3 N–H and O–H groups in total. The average Bonchev–Trinajstić information content (AvgIpc) is 2.07. The van der Waals surface area contributed by atoms with Crippen molar-refractivity contribution in [2.24, 2.45) is 5.73 Å². The van der Waals surface area contributed by atoms with Crippen LogP contribution in [0.5, 0.6) is 0 Å². The molecule has 1 aromatic rings. The SMILES string of the molecule is CC(=O)Nc1ccc(C(N)=S)cc1F. The molecule has 0 unspecified atom stereocenters. The highest BCUT2D eigenvalue weighted by molar-refractivity contribution is 7.80. The second-order valence-electron chi connectivity index (χ2n) is 2.74. The predicted molar refractivity (Wildman–Crippen MR) is 56.6 cm³/mol. The molecule has 5 heteroatoms. The van der Waals surface area contributed by atoms with E-state index in [-0.39, 0.29) is 16.6 Å². The Morgan fingerprint density at radius 3 is 2.64 bits per heavy atom. The number of hydrogen-bond donors (Lipinski definition) is 2. The van der Waals surface area contributed by atoms with Crippen LogP contribution in [0.3, 0.4) is 0 Å². The van der Waals surface area contributed by atoms with Gasteiger partial charge < -0.3 is 11.1 Å². The maximum absolute atomic E-state index is 13.2. The smallest absolute Gasteiger partial charge is 0.221 e. The number of nitrogens with two attached hydrogens (primary N) is 1. The van der Waals surface area contributed by atoms with Crippen molar-refractivity contribution < 1.29 is 9.18 Å². The van der Waals surface area contributed by atoms with Crippen molar-refractivity contribution in [3.05, 3.63) is 29.6 Å². The fraction of sp³-hybridized carbons (Fsp3) is 0.111. The van der Waals surface area contributed by atoms with Crippen LogP contribution in [0.25, 0.3) is 0 Å². The maximum atomic E-state index is 13.2. The maximum Gasteiger partial charge on any atom is 0.221 e. The number of benzene rings is 1. The largest absolute Gasteiger partial charge is 0.389 e. The number of carbonyl (C=O) groups excluding carboxylic acids is 1. The number of nitrogens with one attached hydrogen (secondary N) is 1. The van der Waals surface area contributed by atoms with E-state index in [9.17, 15) is 9.18 Å². The van der Waals surface area contributed by atoms with Gasteiger partial charge in [-0.1, -0.05) is 12.2 Å². The Hall–Kier alpha value is -1.49. The normalized spacial score (nSPS) is 9.57. The van der Waals surface area contributed by atoms with Gasteiger partial charge in [-0.25, -0.2) is 4.39 Å². The Labute approximate surface area is 86.1 Å².